The molecule has 3 rings (SSSR count). The van der Waals surface area contributed by atoms with Gasteiger partial charge >= 0.3 is 5.97 Å². The lowest BCUT2D eigenvalue weighted by molar-refractivity contribution is -0.149. The van der Waals surface area contributed by atoms with Crippen LogP contribution in [0.3, 0.4) is 0 Å². The molecule has 2 amide bonds. The van der Waals surface area contributed by atoms with E-state index in [1.54, 1.807) is 4.90 Å². The second-order valence-corrected chi connectivity index (χ2v) is 6.99. The summed E-state index contributed by atoms with van der Waals surface area (Å²) in [6.07, 6.45) is 0. The number of aliphatic carboxylic acids is 1. The largest absolute Gasteiger partial charge is 0.481 e. The molecule has 1 aromatic rings. The van der Waals surface area contributed by atoms with E-state index < -0.39 is 11.4 Å². The molecule has 2 aliphatic rings. The van der Waals surface area contributed by atoms with Gasteiger partial charge in [0.25, 0.3) is 0 Å². The van der Waals surface area contributed by atoms with Crippen molar-refractivity contribution < 1.29 is 19.5 Å². The number of fused-ring (bicyclic) bond motifs is 1. The van der Waals surface area contributed by atoms with Crippen LogP contribution in [-0.2, 0) is 20.9 Å². The molecule has 0 aliphatic carbocycles. The summed E-state index contributed by atoms with van der Waals surface area (Å²) >= 11 is 0. The van der Waals surface area contributed by atoms with Gasteiger partial charge in [-0.05, 0) is 5.56 Å². The third-order valence-corrected chi connectivity index (χ3v) is 5.25. The third kappa shape index (κ3) is 3.51. The highest BCUT2D eigenvalue weighted by Crippen LogP contribution is 2.42. The Balaban J connectivity index is 1.56. The van der Waals surface area contributed by atoms with Crippen LogP contribution in [0.25, 0.3) is 0 Å². The predicted molar refractivity (Wildman–Crippen MR) is 90.5 cm³/mol. The van der Waals surface area contributed by atoms with E-state index in [0.29, 0.717) is 26.2 Å². The average Bonchev–Trinajstić information content (AvgIpc) is 3.09. The summed E-state index contributed by atoms with van der Waals surface area (Å²) in [5.41, 5.74) is 0.0685. The van der Waals surface area contributed by atoms with Crippen molar-refractivity contribution in [3.05, 3.63) is 35.9 Å². The number of nitrogens with one attached hydrogen (secondary N) is 1. The third-order valence-electron chi connectivity index (χ3n) is 5.25. The van der Waals surface area contributed by atoms with Crippen LogP contribution < -0.4 is 5.32 Å². The number of likely N-dealkylation sites (tertiary alicyclic amines) is 2. The van der Waals surface area contributed by atoms with Gasteiger partial charge in [-0.15, -0.1) is 0 Å². The van der Waals surface area contributed by atoms with Gasteiger partial charge in [0.1, 0.15) is 5.41 Å². The highest BCUT2D eigenvalue weighted by atomic mass is 16.4. The van der Waals surface area contributed by atoms with E-state index in [1.807, 2.05) is 35.2 Å². The molecular weight excluding hydrogens is 322 g/mol. The molecule has 2 N–H and O–H groups in total. The predicted octanol–water partition coefficient (Wildman–Crippen LogP) is 0.168. The van der Waals surface area contributed by atoms with Gasteiger partial charge in [-0.2, -0.15) is 0 Å². The Morgan fingerprint density at radius 1 is 1.20 bits per heavy atom. The van der Waals surface area contributed by atoms with Gasteiger partial charge in [-0.3, -0.25) is 19.3 Å². The molecule has 0 radical (unpaired) electrons. The van der Waals surface area contributed by atoms with Gasteiger partial charge in [-0.25, -0.2) is 0 Å². The molecule has 2 aliphatic heterocycles. The standard InChI is InChI=1S/C18H23N3O4/c1-13(22)21-9-15-8-20(11-18(15,12-21)17(24)25)10-16(23)19-7-14-5-3-2-4-6-14/h2-6,15H,7-12H2,1H3,(H,19,23)(H,24,25). The molecule has 0 spiro atoms. The summed E-state index contributed by atoms with van der Waals surface area (Å²) in [6.45, 7) is 3.60. The molecule has 0 aromatic heterocycles. The molecule has 2 heterocycles. The van der Waals surface area contributed by atoms with Gasteiger partial charge in [0.2, 0.25) is 11.8 Å². The highest BCUT2D eigenvalue weighted by Gasteiger charge is 2.58. The van der Waals surface area contributed by atoms with Gasteiger partial charge < -0.3 is 15.3 Å². The molecule has 0 bridgehead atoms. The number of carbonyl (C=O) groups is 3. The molecule has 2 unspecified atom stereocenters. The molecule has 1 aromatic carbocycles. The fourth-order valence-corrected chi connectivity index (χ4v) is 3.89. The number of carboxylic acids is 1. The first-order chi connectivity index (χ1) is 11.9. The lowest BCUT2D eigenvalue weighted by Gasteiger charge is -2.24. The fraction of sp³-hybridized carbons (Fsp3) is 0.500. The number of rotatable bonds is 5. The van der Waals surface area contributed by atoms with Crippen molar-refractivity contribution in [2.75, 3.05) is 32.7 Å². The number of nitrogens with zero attached hydrogens (tertiary/aromatic N) is 2. The van der Waals surface area contributed by atoms with Crippen LogP contribution in [0.4, 0.5) is 0 Å². The summed E-state index contributed by atoms with van der Waals surface area (Å²) in [7, 11) is 0. The summed E-state index contributed by atoms with van der Waals surface area (Å²) in [6, 6.07) is 9.64. The molecule has 7 heteroatoms. The van der Waals surface area contributed by atoms with E-state index in [2.05, 4.69) is 5.32 Å². The van der Waals surface area contributed by atoms with Crippen molar-refractivity contribution in [3.8, 4) is 0 Å². The Hall–Kier alpha value is -2.41. The maximum atomic E-state index is 12.2. The maximum absolute atomic E-state index is 12.2. The maximum Gasteiger partial charge on any atom is 0.313 e. The van der Waals surface area contributed by atoms with Crippen molar-refractivity contribution in [1.29, 1.82) is 0 Å². The smallest absolute Gasteiger partial charge is 0.313 e. The molecule has 25 heavy (non-hydrogen) atoms. The number of carbonyl (C=O) groups excluding carboxylic acids is 2. The van der Waals surface area contributed by atoms with Crippen LogP contribution in [0.2, 0.25) is 0 Å². The van der Waals surface area contributed by atoms with Crippen LogP contribution in [0.5, 0.6) is 0 Å². The van der Waals surface area contributed by atoms with E-state index in [0.717, 1.165) is 5.56 Å². The highest BCUT2D eigenvalue weighted by molar-refractivity contribution is 5.81. The van der Waals surface area contributed by atoms with E-state index >= 15 is 0 Å². The lowest BCUT2D eigenvalue weighted by Crippen LogP contribution is -2.43. The summed E-state index contributed by atoms with van der Waals surface area (Å²) in [4.78, 5) is 39.1. The van der Waals surface area contributed by atoms with E-state index in [1.165, 1.54) is 6.92 Å². The van der Waals surface area contributed by atoms with Crippen molar-refractivity contribution in [1.82, 2.24) is 15.1 Å². The van der Waals surface area contributed by atoms with E-state index in [-0.39, 0.29) is 30.8 Å². The zero-order valence-corrected chi connectivity index (χ0v) is 14.3. The Morgan fingerprint density at radius 3 is 2.52 bits per heavy atom. The van der Waals surface area contributed by atoms with Gasteiger partial charge in [0, 0.05) is 45.6 Å². The summed E-state index contributed by atoms with van der Waals surface area (Å²) in [5.74, 6) is -1.22. The second kappa shape index (κ2) is 6.84. The number of hydrogen-bond donors (Lipinski definition) is 2. The van der Waals surface area contributed by atoms with Crippen LogP contribution in [0.1, 0.15) is 12.5 Å². The van der Waals surface area contributed by atoms with E-state index in [9.17, 15) is 19.5 Å². The Bertz CT molecular complexity index is 678. The molecular formula is C18H23N3O4. The van der Waals surface area contributed by atoms with E-state index in [4.69, 9.17) is 0 Å². The van der Waals surface area contributed by atoms with Crippen LogP contribution in [0.15, 0.2) is 30.3 Å². The normalized spacial score (nSPS) is 25.6. The minimum atomic E-state index is -0.953. The molecule has 7 nitrogen and oxygen atoms in total. The Morgan fingerprint density at radius 2 is 1.92 bits per heavy atom. The number of benzene rings is 1. The topological polar surface area (TPSA) is 90.0 Å². The van der Waals surface area contributed by atoms with Gasteiger partial charge in [0.05, 0.1) is 6.54 Å². The Labute approximate surface area is 146 Å². The second-order valence-electron chi connectivity index (χ2n) is 6.99. The number of amides is 2. The fourth-order valence-electron chi connectivity index (χ4n) is 3.89. The number of carboxylic acid groups (broad SMARTS) is 1. The van der Waals surface area contributed by atoms with Crippen LogP contribution >= 0.6 is 0 Å². The average molecular weight is 345 g/mol. The van der Waals surface area contributed by atoms with Crippen molar-refractivity contribution in [2.24, 2.45) is 11.3 Å². The summed E-state index contributed by atoms with van der Waals surface area (Å²) < 4.78 is 0. The van der Waals surface area contributed by atoms with Gasteiger partial charge in [-0.1, -0.05) is 30.3 Å². The molecule has 2 saturated heterocycles. The van der Waals surface area contributed by atoms with Crippen molar-refractivity contribution in [2.45, 2.75) is 13.5 Å². The quantitative estimate of drug-likeness (QED) is 0.794. The van der Waals surface area contributed by atoms with Crippen molar-refractivity contribution >= 4 is 17.8 Å². The monoisotopic (exact) mass is 345 g/mol. The number of hydrogen-bond acceptors (Lipinski definition) is 4. The lowest BCUT2D eigenvalue weighted by atomic mass is 9.81. The summed E-state index contributed by atoms with van der Waals surface area (Å²) in [5, 5.41) is 12.6. The Kier molecular flexibility index (Phi) is 4.76. The molecule has 2 atom stereocenters. The SMILES string of the molecule is CC(=O)N1CC2CN(CC(=O)NCc3ccccc3)CC2(C(=O)O)C1. The first-order valence-electron chi connectivity index (χ1n) is 8.42. The first kappa shape index (κ1) is 17.4. The minimum absolute atomic E-state index is 0.0952. The van der Waals surface area contributed by atoms with Gasteiger partial charge in [0.15, 0.2) is 0 Å². The minimum Gasteiger partial charge on any atom is -0.481 e. The zero-order valence-electron chi connectivity index (χ0n) is 14.3. The van der Waals surface area contributed by atoms with Crippen LogP contribution in [-0.4, -0.2) is 65.4 Å². The first-order valence-corrected chi connectivity index (χ1v) is 8.42. The van der Waals surface area contributed by atoms with Crippen molar-refractivity contribution in [3.63, 3.8) is 0 Å². The van der Waals surface area contributed by atoms with Crippen LogP contribution in [0, 0.1) is 11.3 Å². The molecule has 0 saturated carbocycles. The molecule has 134 valence electrons. The zero-order chi connectivity index (χ0) is 18.0. The molecule has 2 fully saturated rings.